The molecule has 0 radical (unpaired) electrons. The van der Waals surface area contributed by atoms with E-state index in [-0.39, 0.29) is 5.38 Å². The maximum atomic E-state index is 6.72. The van der Waals surface area contributed by atoms with Crippen LogP contribution in [-0.2, 0) is 0 Å². The van der Waals surface area contributed by atoms with Crippen LogP contribution in [0.5, 0.6) is 0 Å². The lowest BCUT2D eigenvalue weighted by molar-refractivity contribution is 0.133. The minimum Gasteiger partial charge on any atom is -0.118 e. The zero-order valence-electron chi connectivity index (χ0n) is 11.2. The number of rotatable bonds is 2. The van der Waals surface area contributed by atoms with Crippen molar-refractivity contribution >= 4 is 11.6 Å². The molecule has 0 N–H and O–H groups in total. The number of hydrogen-bond donors (Lipinski definition) is 0. The highest BCUT2D eigenvalue weighted by atomic mass is 35.5. The molecule has 2 atom stereocenters. The lowest BCUT2D eigenvalue weighted by atomic mass is 9.66. The molecule has 17 heavy (non-hydrogen) atoms. The first-order valence-corrected chi connectivity index (χ1v) is 7.15. The molecule has 2 unspecified atom stereocenters. The van der Waals surface area contributed by atoms with E-state index in [1.54, 1.807) is 0 Å². The number of alkyl halides is 1. The van der Waals surface area contributed by atoms with Crippen LogP contribution in [0.1, 0.15) is 56.0 Å². The molecule has 0 saturated heterocycles. The van der Waals surface area contributed by atoms with Crippen LogP contribution in [0.15, 0.2) is 24.3 Å². The van der Waals surface area contributed by atoms with Crippen molar-refractivity contribution < 1.29 is 0 Å². The molecule has 1 heteroatoms. The van der Waals surface area contributed by atoms with Crippen molar-refractivity contribution in [1.29, 1.82) is 0 Å². The highest BCUT2D eigenvalue weighted by Crippen LogP contribution is 2.49. The predicted molar refractivity (Wildman–Crippen MR) is 75.5 cm³/mol. The largest absolute Gasteiger partial charge is 0.118 e. The van der Waals surface area contributed by atoms with E-state index in [0.717, 1.165) is 0 Å². The van der Waals surface area contributed by atoms with E-state index in [4.69, 9.17) is 11.6 Å². The molecule has 0 bridgehead atoms. The van der Waals surface area contributed by atoms with Gasteiger partial charge in [-0.3, -0.25) is 0 Å². The standard InChI is InChI=1S/C16H23Cl/c1-12-7-9-13(10-8-12)15(17)14-6-4-5-11-16(14,2)3/h7-10,14-15H,4-6,11H2,1-3H3. The van der Waals surface area contributed by atoms with Gasteiger partial charge in [0, 0.05) is 0 Å². The Kier molecular flexibility index (Phi) is 3.82. The third-order valence-electron chi connectivity index (χ3n) is 4.34. The van der Waals surface area contributed by atoms with Crippen LogP contribution in [0.4, 0.5) is 0 Å². The lowest BCUT2D eigenvalue weighted by Gasteiger charge is -2.41. The van der Waals surface area contributed by atoms with E-state index in [1.165, 1.54) is 36.8 Å². The van der Waals surface area contributed by atoms with Crippen molar-refractivity contribution in [1.82, 2.24) is 0 Å². The topological polar surface area (TPSA) is 0 Å². The summed E-state index contributed by atoms with van der Waals surface area (Å²) in [5, 5.41) is 0.172. The van der Waals surface area contributed by atoms with Crippen molar-refractivity contribution in [2.75, 3.05) is 0 Å². The Labute approximate surface area is 110 Å². The summed E-state index contributed by atoms with van der Waals surface area (Å²) >= 11 is 6.72. The van der Waals surface area contributed by atoms with Gasteiger partial charge in [0.1, 0.15) is 0 Å². The molecule has 1 aliphatic carbocycles. The lowest BCUT2D eigenvalue weighted by Crippen LogP contribution is -2.30. The second kappa shape index (κ2) is 5.02. The first kappa shape index (κ1) is 13.0. The molecule has 0 aliphatic heterocycles. The molecule has 1 fully saturated rings. The van der Waals surface area contributed by atoms with Crippen molar-refractivity contribution in [3.05, 3.63) is 35.4 Å². The molecule has 0 spiro atoms. The van der Waals surface area contributed by atoms with Crippen molar-refractivity contribution in [3.8, 4) is 0 Å². The van der Waals surface area contributed by atoms with E-state index in [2.05, 4.69) is 45.0 Å². The van der Waals surface area contributed by atoms with E-state index in [9.17, 15) is 0 Å². The summed E-state index contributed by atoms with van der Waals surface area (Å²) in [6, 6.07) is 8.72. The second-order valence-electron chi connectivity index (χ2n) is 6.15. The first-order valence-electron chi connectivity index (χ1n) is 6.71. The zero-order valence-corrected chi connectivity index (χ0v) is 11.9. The number of benzene rings is 1. The van der Waals surface area contributed by atoms with Gasteiger partial charge in [-0.25, -0.2) is 0 Å². The first-order chi connectivity index (χ1) is 8.00. The van der Waals surface area contributed by atoms with Crippen LogP contribution in [0.3, 0.4) is 0 Å². The van der Waals surface area contributed by atoms with Crippen LogP contribution in [0, 0.1) is 18.3 Å². The van der Waals surface area contributed by atoms with Crippen LogP contribution in [-0.4, -0.2) is 0 Å². The van der Waals surface area contributed by atoms with Crippen molar-refractivity contribution in [2.24, 2.45) is 11.3 Å². The number of hydrogen-bond acceptors (Lipinski definition) is 0. The SMILES string of the molecule is Cc1ccc(C(Cl)C2CCCCC2(C)C)cc1. The van der Waals surface area contributed by atoms with Crippen molar-refractivity contribution in [3.63, 3.8) is 0 Å². The number of aryl methyl sites for hydroxylation is 1. The van der Waals surface area contributed by atoms with E-state index in [0.29, 0.717) is 11.3 Å². The molecule has 94 valence electrons. The normalized spacial score (nSPS) is 25.5. The molecule has 0 heterocycles. The average molecular weight is 251 g/mol. The summed E-state index contributed by atoms with van der Waals surface area (Å²) in [5.41, 5.74) is 2.98. The van der Waals surface area contributed by atoms with Gasteiger partial charge in [0.15, 0.2) is 0 Å². The Balaban J connectivity index is 2.18. The minimum absolute atomic E-state index is 0.172. The fourth-order valence-corrected chi connectivity index (χ4v) is 3.66. The van der Waals surface area contributed by atoms with Crippen molar-refractivity contribution in [2.45, 2.75) is 51.8 Å². The summed E-state index contributed by atoms with van der Waals surface area (Å²) in [7, 11) is 0. The van der Waals surface area contributed by atoms with E-state index >= 15 is 0 Å². The Morgan fingerprint density at radius 1 is 1.18 bits per heavy atom. The molecule has 0 nitrogen and oxygen atoms in total. The Hall–Kier alpha value is -0.490. The minimum atomic E-state index is 0.172. The molecule has 0 amide bonds. The third kappa shape index (κ3) is 2.85. The summed E-state index contributed by atoms with van der Waals surface area (Å²) in [6.07, 6.45) is 5.28. The predicted octanol–water partition coefficient (Wildman–Crippen LogP) is 5.49. The van der Waals surface area contributed by atoms with Crippen LogP contribution < -0.4 is 0 Å². The average Bonchev–Trinajstić information content (AvgIpc) is 2.28. The molecule has 1 aromatic rings. The van der Waals surface area contributed by atoms with Crippen LogP contribution in [0.2, 0.25) is 0 Å². The Morgan fingerprint density at radius 2 is 1.82 bits per heavy atom. The van der Waals surface area contributed by atoms with Gasteiger partial charge in [0.2, 0.25) is 0 Å². The van der Waals surface area contributed by atoms with Crippen LogP contribution in [0.25, 0.3) is 0 Å². The highest BCUT2D eigenvalue weighted by Gasteiger charge is 2.37. The fourth-order valence-electron chi connectivity index (χ4n) is 3.05. The van der Waals surface area contributed by atoms with Gasteiger partial charge < -0.3 is 0 Å². The molecule has 2 rings (SSSR count). The monoisotopic (exact) mass is 250 g/mol. The zero-order chi connectivity index (χ0) is 12.5. The Bertz CT molecular complexity index is 364. The van der Waals surface area contributed by atoms with E-state index in [1.807, 2.05) is 0 Å². The Morgan fingerprint density at radius 3 is 2.41 bits per heavy atom. The maximum Gasteiger partial charge on any atom is 0.0618 e. The summed E-state index contributed by atoms with van der Waals surface area (Å²) in [6.45, 7) is 6.87. The molecule has 1 aliphatic rings. The van der Waals surface area contributed by atoms with Gasteiger partial charge in [-0.05, 0) is 36.7 Å². The van der Waals surface area contributed by atoms with Gasteiger partial charge >= 0.3 is 0 Å². The second-order valence-corrected chi connectivity index (χ2v) is 6.62. The van der Waals surface area contributed by atoms with Crippen LogP contribution >= 0.6 is 11.6 Å². The third-order valence-corrected chi connectivity index (χ3v) is 4.90. The van der Waals surface area contributed by atoms with Gasteiger partial charge in [-0.2, -0.15) is 0 Å². The molecule has 0 aromatic heterocycles. The van der Waals surface area contributed by atoms with Gasteiger partial charge in [0.05, 0.1) is 5.38 Å². The molecule has 1 aromatic carbocycles. The summed E-state index contributed by atoms with van der Waals surface area (Å²) < 4.78 is 0. The van der Waals surface area contributed by atoms with Gasteiger partial charge in [0.25, 0.3) is 0 Å². The molecular weight excluding hydrogens is 228 g/mol. The van der Waals surface area contributed by atoms with Gasteiger partial charge in [-0.15, -0.1) is 11.6 Å². The van der Waals surface area contributed by atoms with E-state index < -0.39 is 0 Å². The fraction of sp³-hybridized carbons (Fsp3) is 0.625. The summed E-state index contributed by atoms with van der Waals surface area (Å²) in [4.78, 5) is 0. The molecule has 1 saturated carbocycles. The summed E-state index contributed by atoms with van der Waals surface area (Å²) in [5.74, 6) is 0.612. The number of halogens is 1. The quantitative estimate of drug-likeness (QED) is 0.609. The maximum absolute atomic E-state index is 6.72. The van der Waals surface area contributed by atoms with Gasteiger partial charge in [-0.1, -0.05) is 56.5 Å². The highest BCUT2D eigenvalue weighted by molar-refractivity contribution is 6.21. The smallest absolute Gasteiger partial charge is 0.0618 e. The molecular formula is C16H23Cl.